The van der Waals surface area contributed by atoms with Gasteiger partial charge in [0.1, 0.15) is 5.54 Å². The van der Waals surface area contributed by atoms with E-state index in [2.05, 4.69) is 0 Å². The number of ether oxygens (including phenoxy) is 1. The highest BCUT2D eigenvalue weighted by Crippen LogP contribution is 2.32. The van der Waals surface area contributed by atoms with Crippen molar-refractivity contribution in [2.45, 2.75) is 56.6 Å². The topological polar surface area (TPSA) is 72.6 Å². The summed E-state index contributed by atoms with van der Waals surface area (Å²) in [5, 5.41) is 8.97. The maximum atomic E-state index is 10.9. The minimum atomic E-state index is -1.04. The highest BCUT2D eigenvalue weighted by atomic mass is 16.5. The third-order valence-electron chi connectivity index (χ3n) is 4.03. The van der Waals surface area contributed by atoms with Gasteiger partial charge in [0.15, 0.2) is 0 Å². The van der Waals surface area contributed by atoms with E-state index in [0.29, 0.717) is 12.8 Å². The van der Waals surface area contributed by atoms with Crippen molar-refractivity contribution < 1.29 is 14.6 Å². The third kappa shape index (κ3) is 2.55. The molecule has 2 unspecified atom stereocenters. The molecule has 0 amide bonds. The van der Waals surface area contributed by atoms with Crippen LogP contribution in [0.3, 0.4) is 0 Å². The third-order valence-corrected chi connectivity index (χ3v) is 4.03. The molecule has 0 saturated heterocycles. The van der Waals surface area contributed by atoms with Gasteiger partial charge < -0.3 is 15.6 Å². The maximum absolute atomic E-state index is 10.9. The van der Waals surface area contributed by atoms with Crippen LogP contribution in [0.25, 0.3) is 0 Å². The average molecular weight is 227 g/mol. The Bertz CT molecular complexity index is 265. The summed E-state index contributed by atoms with van der Waals surface area (Å²) in [5.74, 6) is -0.0406. The van der Waals surface area contributed by atoms with Crippen molar-refractivity contribution in [1.29, 1.82) is 0 Å². The maximum Gasteiger partial charge on any atom is 0.323 e. The molecule has 92 valence electrons. The number of aliphatic carboxylic acids is 1. The molecule has 2 atom stereocenters. The highest BCUT2D eigenvalue weighted by Gasteiger charge is 2.42. The van der Waals surface area contributed by atoms with Crippen LogP contribution in [0.5, 0.6) is 0 Å². The molecule has 2 aliphatic rings. The zero-order valence-electron chi connectivity index (χ0n) is 9.65. The monoisotopic (exact) mass is 227 g/mol. The normalized spacial score (nSPS) is 34.9. The van der Waals surface area contributed by atoms with Crippen molar-refractivity contribution in [2.24, 2.45) is 11.7 Å². The second-order valence-corrected chi connectivity index (χ2v) is 5.28. The van der Waals surface area contributed by atoms with Gasteiger partial charge in [-0.1, -0.05) is 19.3 Å². The van der Waals surface area contributed by atoms with Crippen molar-refractivity contribution in [3.8, 4) is 0 Å². The van der Waals surface area contributed by atoms with Gasteiger partial charge in [-0.3, -0.25) is 4.79 Å². The lowest BCUT2D eigenvalue weighted by Gasteiger charge is -2.25. The van der Waals surface area contributed by atoms with E-state index in [1.807, 2.05) is 0 Å². The Balaban J connectivity index is 1.66. The molecule has 2 rings (SSSR count). The lowest BCUT2D eigenvalue weighted by Crippen LogP contribution is -2.45. The molecule has 16 heavy (non-hydrogen) atoms. The molecular weight excluding hydrogens is 206 g/mol. The average Bonchev–Trinajstić information content (AvgIpc) is 2.54. The largest absolute Gasteiger partial charge is 0.480 e. The van der Waals surface area contributed by atoms with Gasteiger partial charge in [-0.25, -0.2) is 0 Å². The molecule has 2 fully saturated rings. The van der Waals surface area contributed by atoms with Crippen LogP contribution < -0.4 is 5.73 Å². The lowest BCUT2D eigenvalue weighted by atomic mass is 9.83. The van der Waals surface area contributed by atoms with Crippen LogP contribution in [0.15, 0.2) is 0 Å². The number of nitrogens with two attached hydrogens (primary N) is 1. The Hall–Kier alpha value is -0.610. The van der Waals surface area contributed by atoms with Crippen molar-refractivity contribution in [3.63, 3.8) is 0 Å². The van der Waals surface area contributed by atoms with Crippen molar-refractivity contribution in [1.82, 2.24) is 0 Å². The smallest absolute Gasteiger partial charge is 0.323 e. The minimum absolute atomic E-state index is 0.0566. The summed E-state index contributed by atoms with van der Waals surface area (Å²) in [5.41, 5.74) is 4.74. The van der Waals surface area contributed by atoms with Crippen LogP contribution in [0.4, 0.5) is 0 Å². The summed E-state index contributed by atoms with van der Waals surface area (Å²) in [6.07, 6.45) is 7.01. The molecule has 0 spiro atoms. The second-order valence-electron chi connectivity index (χ2n) is 5.28. The zero-order chi connectivity index (χ0) is 11.6. The first-order valence-electron chi connectivity index (χ1n) is 6.24. The van der Waals surface area contributed by atoms with Crippen LogP contribution in [-0.4, -0.2) is 29.3 Å². The number of carbonyl (C=O) groups is 1. The summed E-state index contributed by atoms with van der Waals surface area (Å²) in [7, 11) is 0. The van der Waals surface area contributed by atoms with E-state index in [4.69, 9.17) is 15.6 Å². The van der Waals surface area contributed by atoms with Gasteiger partial charge in [-0.15, -0.1) is 0 Å². The summed E-state index contributed by atoms with van der Waals surface area (Å²) < 4.78 is 5.71. The van der Waals surface area contributed by atoms with E-state index in [-0.39, 0.29) is 6.10 Å². The molecule has 0 heterocycles. The van der Waals surface area contributed by atoms with E-state index in [1.54, 1.807) is 0 Å². The zero-order valence-corrected chi connectivity index (χ0v) is 9.65. The van der Waals surface area contributed by atoms with Crippen LogP contribution in [0.2, 0.25) is 0 Å². The highest BCUT2D eigenvalue weighted by molar-refractivity contribution is 5.78. The molecule has 3 N–H and O–H groups in total. The Kier molecular flexibility index (Phi) is 3.50. The van der Waals surface area contributed by atoms with Crippen molar-refractivity contribution >= 4 is 5.97 Å². The van der Waals surface area contributed by atoms with Crippen LogP contribution in [0.1, 0.15) is 44.9 Å². The number of hydrogen-bond donors (Lipinski definition) is 2. The molecule has 4 nitrogen and oxygen atoms in total. The lowest BCUT2D eigenvalue weighted by molar-refractivity contribution is -0.143. The number of rotatable bonds is 5. The van der Waals surface area contributed by atoms with Crippen LogP contribution >= 0.6 is 0 Å². The fourth-order valence-corrected chi connectivity index (χ4v) is 2.55. The van der Waals surface area contributed by atoms with Gasteiger partial charge in [0, 0.05) is 13.0 Å². The molecule has 0 radical (unpaired) electrons. The number of carboxylic acids is 1. The predicted octanol–water partition coefficient (Wildman–Crippen LogP) is 1.53. The summed E-state index contributed by atoms with van der Waals surface area (Å²) >= 11 is 0. The molecule has 2 saturated carbocycles. The SMILES string of the molecule is NC1(C(=O)O)CCC(OCCC2CCC2)C1. The van der Waals surface area contributed by atoms with Gasteiger partial charge >= 0.3 is 5.97 Å². The molecule has 0 aliphatic heterocycles. The molecule has 0 aromatic carbocycles. The minimum Gasteiger partial charge on any atom is -0.480 e. The first kappa shape index (κ1) is 11.9. The van der Waals surface area contributed by atoms with E-state index < -0.39 is 11.5 Å². The van der Waals surface area contributed by atoms with Gasteiger partial charge in [-0.2, -0.15) is 0 Å². The van der Waals surface area contributed by atoms with Gasteiger partial charge in [-0.05, 0) is 25.2 Å². The molecular formula is C12H21NO3. The second kappa shape index (κ2) is 4.72. The fourth-order valence-electron chi connectivity index (χ4n) is 2.55. The summed E-state index contributed by atoms with van der Waals surface area (Å²) in [6.45, 7) is 0.769. The van der Waals surface area contributed by atoms with Crippen molar-refractivity contribution in [2.75, 3.05) is 6.61 Å². The molecule has 4 heteroatoms. The van der Waals surface area contributed by atoms with Crippen LogP contribution in [-0.2, 0) is 9.53 Å². The van der Waals surface area contributed by atoms with Gasteiger partial charge in [0.25, 0.3) is 0 Å². The van der Waals surface area contributed by atoms with E-state index in [1.165, 1.54) is 19.3 Å². The first-order valence-corrected chi connectivity index (χ1v) is 6.24. The Labute approximate surface area is 96.2 Å². The number of hydrogen-bond acceptors (Lipinski definition) is 3. The first-order chi connectivity index (χ1) is 7.60. The summed E-state index contributed by atoms with van der Waals surface area (Å²) in [4.78, 5) is 10.9. The Morgan fingerprint density at radius 2 is 2.19 bits per heavy atom. The standard InChI is InChI=1S/C12H21NO3/c13-12(11(14)15)6-4-10(8-12)16-7-5-9-2-1-3-9/h9-10H,1-8,13H2,(H,14,15). The Morgan fingerprint density at radius 3 is 2.69 bits per heavy atom. The predicted molar refractivity (Wildman–Crippen MR) is 60.1 cm³/mol. The molecule has 0 aromatic rings. The molecule has 0 aromatic heterocycles. The van der Waals surface area contributed by atoms with Crippen molar-refractivity contribution in [3.05, 3.63) is 0 Å². The summed E-state index contributed by atoms with van der Waals surface area (Å²) in [6, 6.07) is 0. The van der Waals surface area contributed by atoms with E-state index in [9.17, 15) is 4.79 Å². The van der Waals surface area contributed by atoms with Gasteiger partial charge in [0.05, 0.1) is 6.10 Å². The van der Waals surface area contributed by atoms with E-state index in [0.717, 1.165) is 25.4 Å². The number of carboxylic acid groups (broad SMARTS) is 1. The van der Waals surface area contributed by atoms with Gasteiger partial charge in [0.2, 0.25) is 0 Å². The fraction of sp³-hybridized carbons (Fsp3) is 0.917. The molecule has 2 aliphatic carbocycles. The quantitative estimate of drug-likeness (QED) is 0.747. The van der Waals surface area contributed by atoms with E-state index >= 15 is 0 Å². The van der Waals surface area contributed by atoms with Crippen LogP contribution in [0, 0.1) is 5.92 Å². The Morgan fingerprint density at radius 1 is 1.44 bits per heavy atom. The molecule has 0 bridgehead atoms.